The Bertz CT molecular complexity index is 263. The molecule has 1 aromatic heterocycles. The van der Waals surface area contributed by atoms with Crippen LogP contribution in [0.15, 0.2) is 12.5 Å². The molecular weight excluding hydrogens is 195 g/mol. The molecule has 0 aliphatic heterocycles. The lowest BCUT2D eigenvalue weighted by Crippen LogP contribution is -2.38. The van der Waals surface area contributed by atoms with Crippen LogP contribution in [0.1, 0.15) is 5.69 Å². The molecule has 0 aliphatic carbocycles. The van der Waals surface area contributed by atoms with Crippen molar-refractivity contribution in [3.8, 4) is 0 Å². The van der Waals surface area contributed by atoms with Crippen LogP contribution in [0.4, 0.5) is 22.0 Å². The Morgan fingerprint density at radius 2 is 1.85 bits per heavy atom. The number of hydrogen-bond donors (Lipinski definition) is 1. The van der Waals surface area contributed by atoms with Gasteiger partial charge in [-0.3, -0.25) is 0 Å². The molecule has 0 radical (unpaired) electrons. The summed E-state index contributed by atoms with van der Waals surface area (Å²) in [7, 11) is 0. The number of rotatable bonds is 2. The van der Waals surface area contributed by atoms with Gasteiger partial charge in [-0.15, -0.1) is 0 Å². The Hall–Kier alpha value is -1.14. The van der Waals surface area contributed by atoms with Crippen molar-refractivity contribution >= 4 is 0 Å². The zero-order valence-electron chi connectivity index (χ0n) is 6.20. The van der Waals surface area contributed by atoms with Crippen LogP contribution >= 0.6 is 0 Å². The van der Waals surface area contributed by atoms with Gasteiger partial charge in [-0.25, -0.2) is 4.98 Å². The predicted octanol–water partition coefficient (Wildman–Crippen LogP) is 2.15. The van der Waals surface area contributed by atoms with Gasteiger partial charge in [-0.2, -0.15) is 22.0 Å². The topological polar surface area (TPSA) is 28.7 Å². The first-order valence-electron chi connectivity index (χ1n) is 3.25. The largest absolute Gasteiger partial charge is 0.453 e. The van der Waals surface area contributed by atoms with Crippen molar-refractivity contribution in [2.24, 2.45) is 0 Å². The van der Waals surface area contributed by atoms with Gasteiger partial charge in [-0.05, 0) is 0 Å². The van der Waals surface area contributed by atoms with E-state index in [1.165, 1.54) is 0 Å². The second-order valence-electron chi connectivity index (χ2n) is 2.46. The highest BCUT2D eigenvalue weighted by molar-refractivity contribution is 5.00. The molecule has 1 heterocycles. The Morgan fingerprint density at radius 3 is 2.23 bits per heavy atom. The molecule has 13 heavy (non-hydrogen) atoms. The molecule has 0 aliphatic rings. The number of alkyl halides is 5. The quantitative estimate of drug-likeness (QED) is 0.728. The van der Waals surface area contributed by atoms with Crippen molar-refractivity contribution in [2.75, 3.05) is 0 Å². The molecule has 0 spiro atoms. The van der Waals surface area contributed by atoms with Crippen molar-refractivity contribution in [1.29, 1.82) is 0 Å². The van der Waals surface area contributed by atoms with Gasteiger partial charge >= 0.3 is 12.1 Å². The van der Waals surface area contributed by atoms with Crippen LogP contribution in [0.5, 0.6) is 0 Å². The van der Waals surface area contributed by atoms with E-state index in [4.69, 9.17) is 0 Å². The number of H-pyrrole nitrogens is 1. The average Bonchev–Trinajstić information content (AvgIpc) is 2.35. The summed E-state index contributed by atoms with van der Waals surface area (Å²) < 4.78 is 59.6. The molecule has 0 amide bonds. The molecule has 1 N–H and O–H groups in total. The summed E-state index contributed by atoms with van der Waals surface area (Å²) in [6.45, 7) is 0. The summed E-state index contributed by atoms with van der Waals surface area (Å²) in [5.41, 5.74) is -0.248. The molecule has 1 aromatic rings. The summed E-state index contributed by atoms with van der Waals surface area (Å²) >= 11 is 0. The monoisotopic (exact) mass is 200 g/mol. The van der Waals surface area contributed by atoms with Crippen LogP contribution in [0.2, 0.25) is 0 Å². The van der Waals surface area contributed by atoms with E-state index in [0.717, 1.165) is 12.5 Å². The zero-order valence-corrected chi connectivity index (χ0v) is 6.20. The smallest absolute Gasteiger partial charge is 0.348 e. The third kappa shape index (κ3) is 2.16. The summed E-state index contributed by atoms with van der Waals surface area (Å²) in [5.74, 6) is -4.71. The standard InChI is InChI=1S/C6H5F5N2/c7-5(8,6(9,10)11)1-4-2-12-3-13-4/h2-3H,1H2,(H,12,13). The first-order valence-corrected chi connectivity index (χ1v) is 3.25. The van der Waals surface area contributed by atoms with E-state index < -0.39 is 18.5 Å². The molecule has 0 fully saturated rings. The fourth-order valence-corrected chi connectivity index (χ4v) is 0.721. The normalized spacial score (nSPS) is 13.3. The maximum Gasteiger partial charge on any atom is 0.453 e. The molecule has 0 bridgehead atoms. The Labute approximate surface area is 69.8 Å². The summed E-state index contributed by atoms with van der Waals surface area (Å²) in [4.78, 5) is 5.51. The second-order valence-corrected chi connectivity index (χ2v) is 2.46. The van der Waals surface area contributed by atoms with Crippen molar-refractivity contribution in [3.63, 3.8) is 0 Å². The molecule has 0 saturated heterocycles. The van der Waals surface area contributed by atoms with Crippen LogP contribution in [0, 0.1) is 0 Å². The minimum atomic E-state index is -5.52. The van der Waals surface area contributed by atoms with Crippen molar-refractivity contribution < 1.29 is 22.0 Å². The van der Waals surface area contributed by atoms with Crippen molar-refractivity contribution in [2.45, 2.75) is 18.5 Å². The fraction of sp³-hybridized carbons (Fsp3) is 0.500. The van der Waals surface area contributed by atoms with Crippen LogP contribution < -0.4 is 0 Å². The third-order valence-corrected chi connectivity index (χ3v) is 1.38. The van der Waals surface area contributed by atoms with Crippen LogP contribution in [0.25, 0.3) is 0 Å². The van der Waals surface area contributed by atoms with E-state index in [-0.39, 0.29) is 5.69 Å². The van der Waals surface area contributed by atoms with Crippen LogP contribution in [-0.4, -0.2) is 22.1 Å². The number of hydrogen-bond acceptors (Lipinski definition) is 1. The van der Waals surface area contributed by atoms with Gasteiger partial charge in [0.1, 0.15) is 0 Å². The van der Waals surface area contributed by atoms with Crippen molar-refractivity contribution in [3.05, 3.63) is 18.2 Å². The molecule has 0 saturated carbocycles. The van der Waals surface area contributed by atoms with E-state index in [1.807, 2.05) is 0 Å². The molecule has 1 rings (SSSR count). The van der Waals surface area contributed by atoms with Crippen molar-refractivity contribution in [1.82, 2.24) is 9.97 Å². The zero-order chi connectivity index (χ0) is 10.1. The molecule has 0 aromatic carbocycles. The van der Waals surface area contributed by atoms with Gasteiger partial charge in [0, 0.05) is 11.9 Å². The maximum absolute atomic E-state index is 12.3. The number of aromatic amines is 1. The lowest BCUT2D eigenvalue weighted by molar-refractivity contribution is -0.281. The summed E-state index contributed by atoms with van der Waals surface area (Å²) in [5, 5.41) is 0. The van der Waals surface area contributed by atoms with Gasteiger partial charge in [0.05, 0.1) is 12.7 Å². The molecule has 74 valence electrons. The van der Waals surface area contributed by atoms with E-state index in [0.29, 0.717) is 0 Å². The van der Waals surface area contributed by atoms with E-state index in [2.05, 4.69) is 9.97 Å². The lowest BCUT2D eigenvalue weighted by atomic mass is 10.2. The minimum absolute atomic E-state index is 0.248. The van der Waals surface area contributed by atoms with Gasteiger partial charge in [0.15, 0.2) is 0 Å². The van der Waals surface area contributed by atoms with Gasteiger partial charge in [0.25, 0.3) is 0 Å². The number of nitrogens with zero attached hydrogens (tertiary/aromatic N) is 1. The van der Waals surface area contributed by atoms with Gasteiger partial charge in [0.2, 0.25) is 0 Å². The summed E-state index contributed by atoms with van der Waals surface area (Å²) in [6, 6.07) is 0. The highest BCUT2D eigenvalue weighted by Crippen LogP contribution is 2.37. The van der Waals surface area contributed by atoms with Crippen LogP contribution in [-0.2, 0) is 6.42 Å². The SMILES string of the molecule is FC(F)(F)C(F)(F)Cc1cnc[nH]1. The van der Waals surface area contributed by atoms with Gasteiger partial charge in [-0.1, -0.05) is 0 Å². The van der Waals surface area contributed by atoms with Gasteiger partial charge < -0.3 is 4.98 Å². The number of halogens is 5. The van der Waals surface area contributed by atoms with E-state index in [1.54, 1.807) is 0 Å². The molecule has 0 atom stereocenters. The fourth-order valence-electron chi connectivity index (χ4n) is 0.721. The number of nitrogens with one attached hydrogen (secondary N) is 1. The van der Waals surface area contributed by atoms with Crippen LogP contribution in [0.3, 0.4) is 0 Å². The lowest BCUT2D eigenvalue weighted by Gasteiger charge is -2.18. The molecule has 7 heteroatoms. The Morgan fingerprint density at radius 1 is 1.23 bits per heavy atom. The number of imidazole rings is 1. The predicted molar refractivity (Wildman–Crippen MR) is 33.3 cm³/mol. The Kier molecular flexibility index (Phi) is 2.27. The summed E-state index contributed by atoms with van der Waals surface area (Å²) in [6.07, 6.45) is -4.95. The first kappa shape index (κ1) is 9.94. The van der Waals surface area contributed by atoms with E-state index in [9.17, 15) is 22.0 Å². The minimum Gasteiger partial charge on any atom is -0.348 e. The maximum atomic E-state index is 12.3. The molecule has 0 unspecified atom stereocenters. The highest BCUT2D eigenvalue weighted by Gasteiger charge is 2.57. The third-order valence-electron chi connectivity index (χ3n) is 1.38. The molecular formula is C6H5F5N2. The first-order chi connectivity index (χ1) is 5.83. The average molecular weight is 200 g/mol. The van der Waals surface area contributed by atoms with E-state index >= 15 is 0 Å². The second kappa shape index (κ2) is 2.97. The Balaban J connectivity index is 2.73. The number of aromatic nitrogens is 2. The molecule has 2 nitrogen and oxygen atoms in total. The highest BCUT2D eigenvalue weighted by atomic mass is 19.4.